The van der Waals surface area contributed by atoms with Crippen molar-refractivity contribution in [3.8, 4) is 11.1 Å². The van der Waals surface area contributed by atoms with Gasteiger partial charge in [-0.3, -0.25) is 4.40 Å². The van der Waals surface area contributed by atoms with Crippen LogP contribution in [-0.4, -0.2) is 9.38 Å². The van der Waals surface area contributed by atoms with Crippen molar-refractivity contribution in [1.82, 2.24) is 9.38 Å². The normalized spacial score (nSPS) is 12.1. The largest absolute Gasteiger partial charge is 0.309 e. The molecule has 212 valence electrons. The summed E-state index contributed by atoms with van der Waals surface area (Å²) in [5, 5.41) is 8.08. The number of aromatic nitrogens is 2. The van der Waals surface area contributed by atoms with E-state index in [9.17, 15) is 0 Å². The van der Waals surface area contributed by atoms with Crippen molar-refractivity contribution in [2.45, 2.75) is 0 Å². The van der Waals surface area contributed by atoms with Crippen molar-refractivity contribution >= 4 is 72.2 Å². The summed E-state index contributed by atoms with van der Waals surface area (Å²) in [6, 6.07) is 56.0. The van der Waals surface area contributed by atoms with Gasteiger partial charge in [0.1, 0.15) is 5.65 Å². The molecule has 2 aromatic heterocycles. The number of nitrogens with zero attached hydrogens (tertiary/aromatic N) is 2. The minimum absolute atomic E-state index is 0.834. The van der Waals surface area contributed by atoms with Crippen LogP contribution in [0.4, 0.5) is 0 Å². The Hall–Kier alpha value is -5.50. The SMILES string of the molecule is O=P(c1ccccc1)(c1ccccc1)c1ccc(-c2ccc3c4ccccc4n4c5ccccc5nc4c3c2)c2ccccc12. The molecule has 0 spiro atoms. The maximum Gasteiger partial charge on any atom is 0.171 e. The number of pyridine rings is 1. The van der Waals surface area contributed by atoms with E-state index < -0.39 is 7.14 Å². The highest BCUT2D eigenvalue weighted by Gasteiger charge is 2.31. The van der Waals surface area contributed by atoms with Gasteiger partial charge in [-0.15, -0.1) is 0 Å². The summed E-state index contributed by atoms with van der Waals surface area (Å²) in [5.41, 5.74) is 6.38. The first kappa shape index (κ1) is 25.9. The molecule has 4 heteroatoms. The van der Waals surface area contributed by atoms with Gasteiger partial charge in [0.2, 0.25) is 0 Å². The Morgan fingerprint density at radius 1 is 0.467 bits per heavy atom. The van der Waals surface area contributed by atoms with Crippen molar-refractivity contribution in [1.29, 1.82) is 0 Å². The van der Waals surface area contributed by atoms with Crippen LogP contribution in [0.15, 0.2) is 164 Å². The van der Waals surface area contributed by atoms with Gasteiger partial charge in [-0.2, -0.15) is 0 Å². The van der Waals surface area contributed by atoms with Gasteiger partial charge < -0.3 is 4.57 Å². The monoisotopic (exact) mass is 594 g/mol. The Labute approximate surface area is 260 Å². The van der Waals surface area contributed by atoms with Crippen LogP contribution >= 0.6 is 7.14 Å². The summed E-state index contributed by atoms with van der Waals surface area (Å²) in [7, 11) is -3.16. The number of fused-ring (bicyclic) bond motifs is 9. The molecule has 0 atom stereocenters. The minimum atomic E-state index is -3.16. The van der Waals surface area contributed by atoms with Gasteiger partial charge in [-0.05, 0) is 57.6 Å². The minimum Gasteiger partial charge on any atom is -0.309 e. The van der Waals surface area contributed by atoms with Crippen LogP contribution < -0.4 is 15.9 Å². The Morgan fingerprint density at radius 2 is 1.07 bits per heavy atom. The summed E-state index contributed by atoms with van der Waals surface area (Å²) in [6.45, 7) is 0. The molecular formula is C41H27N2OP. The molecule has 0 unspecified atom stereocenters. The molecule has 0 saturated heterocycles. The maximum atomic E-state index is 15.4. The van der Waals surface area contributed by atoms with E-state index in [0.717, 1.165) is 65.4 Å². The third kappa shape index (κ3) is 3.84. The molecule has 0 bridgehead atoms. The average Bonchev–Trinajstić information content (AvgIpc) is 3.52. The zero-order valence-corrected chi connectivity index (χ0v) is 25.2. The second-order valence-electron chi connectivity index (χ2n) is 11.5. The van der Waals surface area contributed by atoms with Gasteiger partial charge >= 0.3 is 0 Å². The predicted octanol–water partition coefficient (Wildman–Crippen LogP) is 9.25. The fourth-order valence-electron chi connectivity index (χ4n) is 6.99. The van der Waals surface area contributed by atoms with E-state index in [4.69, 9.17) is 4.98 Å². The van der Waals surface area contributed by atoms with Crippen molar-refractivity contribution in [2.75, 3.05) is 0 Å². The van der Waals surface area contributed by atoms with Gasteiger partial charge in [-0.1, -0.05) is 133 Å². The number of rotatable bonds is 4. The fourth-order valence-corrected chi connectivity index (χ4v) is 9.85. The lowest BCUT2D eigenvalue weighted by Crippen LogP contribution is -2.25. The van der Waals surface area contributed by atoms with Crippen molar-refractivity contribution in [2.24, 2.45) is 0 Å². The van der Waals surface area contributed by atoms with Crippen LogP contribution in [-0.2, 0) is 4.57 Å². The Kier molecular flexibility index (Phi) is 5.78. The summed E-state index contributed by atoms with van der Waals surface area (Å²) < 4.78 is 17.7. The van der Waals surface area contributed by atoms with Crippen molar-refractivity contribution in [3.05, 3.63) is 164 Å². The van der Waals surface area contributed by atoms with Gasteiger partial charge in [0.05, 0.1) is 16.6 Å². The molecule has 0 aliphatic heterocycles. The molecule has 0 fully saturated rings. The maximum absolute atomic E-state index is 15.4. The molecule has 9 rings (SSSR count). The van der Waals surface area contributed by atoms with E-state index >= 15 is 4.57 Å². The van der Waals surface area contributed by atoms with Gasteiger partial charge in [-0.25, -0.2) is 4.98 Å². The van der Waals surface area contributed by atoms with Gasteiger partial charge in [0.25, 0.3) is 0 Å². The molecule has 0 saturated carbocycles. The highest BCUT2D eigenvalue weighted by molar-refractivity contribution is 7.85. The van der Waals surface area contributed by atoms with E-state index in [2.05, 4.69) is 95.4 Å². The van der Waals surface area contributed by atoms with Crippen molar-refractivity contribution < 1.29 is 4.57 Å². The molecule has 0 aliphatic carbocycles. The Balaban J connectivity index is 1.33. The highest BCUT2D eigenvalue weighted by Crippen LogP contribution is 2.46. The zero-order chi connectivity index (χ0) is 30.0. The number of benzene rings is 7. The average molecular weight is 595 g/mol. The molecule has 9 aromatic rings. The fraction of sp³-hybridized carbons (Fsp3) is 0. The van der Waals surface area contributed by atoms with Crippen LogP contribution in [0.2, 0.25) is 0 Å². The zero-order valence-electron chi connectivity index (χ0n) is 24.3. The molecule has 0 amide bonds. The Bertz CT molecular complexity index is 2580. The summed E-state index contributed by atoms with van der Waals surface area (Å²) in [4.78, 5) is 5.13. The molecule has 0 radical (unpaired) electrons. The lowest BCUT2D eigenvalue weighted by molar-refractivity contribution is 0.592. The molecule has 0 aliphatic rings. The Morgan fingerprint density at radius 3 is 1.80 bits per heavy atom. The second-order valence-corrected chi connectivity index (χ2v) is 14.2. The molecule has 3 nitrogen and oxygen atoms in total. The lowest BCUT2D eigenvalue weighted by Gasteiger charge is -2.23. The number of para-hydroxylation sites is 3. The van der Waals surface area contributed by atoms with Crippen molar-refractivity contribution in [3.63, 3.8) is 0 Å². The van der Waals surface area contributed by atoms with E-state index in [1.807, 2.05) is 72.8 Å². The van der Waals surface area contributed by atoms with E-state index in [-0.39, 0.29) is 0 Å². The third-order valence-corrected chi connectivity index (χ3v) is 12.2. The van der Waals surface area contributed by atoms with E-state index in [1.54, 1.807) is 0 Å². The summed E-state index contributed by atoms with van der Waals surface area (Å²) in [6.07, 6.45) is 0. The van der Waals surface area contributed by atoms with Crippen LogP contribution in [0, 0.1) is 0 Å². The predicted molar refractivity (Wildman–Crippen MR) is 190 cm³/mol. The second kappa shape index (κ2) is 10.0. The molecule has 2 heterocycles. The van der Waals surface area contributed by atoms with Crippen LogP contribution in [0.1, 0.15) is 0 Å². The van der Waals surface area contributed by atoms with Crippen LogP contribution in [0.5, 0.6) is 0 Å². The number of hydrogen-bond donors (Lipinski definition) is 0. The number of hydrogen-bond acceptors (Lipinski definition) is 2. The first-order valence-electron chi connectivity index (χ1n) is 15.2. The van der Waals surface area contributed by atoms with Crippen LogP contribution in [0.3, 0.4) is 0 Å². The standard InChI is InChI=1S/C41H27N2OP/c44-45(29-13-3-1-4-14-29,30-15-5-2-6-16-30)40-26-25-31(32-17-7-8-19-35(32)40)28-23-24-33-34-18-9-11-21-38(34)43-39-22-12-10-20-37(39)42-41(43)36(33)27-28/h1-27H. The summed E-state index contributed by atoms with van der Waals surface area (Å²) >= 11 is 0. The first-order chi connectivity index (χ1) is 22.2. The summed E-state index contributed by atoms with van der Waals surface area (Å²) in [5.74, 6) is 0. The van der Waals surface area contributed by atoms with Gasteiger partial charge in [0.15, 0.2) is 7.14 Å². The van der Waals surface area contributed by atoms with Crippen LogP contribution in [0.25, 0.3) is 60.3 Å². The molecule has 7 aromatic carbocycles. The smallest absolute Gasteiger partial charge is 0.171 e. The quantitative estimate of drug-likeness (QED) is 0.150. The third-order valence-electron chi connectivity index (χ3n) is 9.05. The van der Waals surface area contributed by atoms with E-state index in [0.29, 0.717) is 0 Å². The molecule has 45 heavy (non-hydrogen) atoms. The lowest BCUT2D eigenvalue weighted by atomic mass is 9.95. The topological polar surface area (TPSA) is 34.4 Å². The molecular weight excluding hydrogens is 567 g/mol. The number of imidazole rings is 1. The van der Waals surface area contributed by atoms with Gasteiger partial charge in [0, 0.05) is 26.7 Å². The highest BCUT2D eigenvalue weighted by atomic mass is 31.2. The molecule has 0 N–H and O–H groups in total. The first-order valence-corrected chi connectivity index (χ1v) is 16.9. The van der Waals surface area contributed by atoms with E-state index in [1.165, 1.54) is 10.8 Å².